The van der Waals surface area contributed by atoms with Crippen LogP contribution in [0, 0.1) is 17.7 Å². The molecule has 0 spiro atoms. The van der Waals surface area contributed by atoms with Gasteiger partial charge >= 0.3 is 0 Å². The quantitative estimate of drug-likeness (QED) is 0.430. The van der Waals surface area contributed by atoms with Crippen molar-refractivity contribution in [3.05, 3.63) is 82.9 Å². The number of likely N-dealkylation sites (tertiary alicyclic amines) is 1. The summed E-state index contributed by atoms with van der Waals surface area (Å²) in [6, 6.07) is 13.6. The lowest BCUT2D eigenvalue weighted by atomic mass is 9.98. The van der Waals surface area contributed by atoms with Crippen molar-refractivity contribution in [2.24, 2.45) is 11.8 Å². The van der Waals surface area contributed by atoms with Gasteiger partial charge in [-0.1, -0.05) is 43.3 Å². The van der Waals surface area contributed by atoms with Crippen LogP contribution in [0.4, 0.5) is 4.39 Å². The fraction of sp³-hybridized carbons (Fsp3) is 0.296. The molecule has 178 valence electrons. The van der Waals surface area contributed by atoms with Crippen LogP contribution in [-0.4, -0.2) is 45.2 Å². The molecule has 6 nitrogen and oxygen atoms in total. The molecular formula is C27H25FN4O2S. The third-order valence-corrected chi connectivity index (χ3v) is 8.16. The summed E-state index contributed by atoms with van der Waals surface area (Å²) in [7, 11) is 0. The van der Waals surface area contributed by atoms with Crippen molar-refractivity contribution in [2.75, 3.05) is 13.1 Å². The molecule has 0 radical (unpaired) electrons. The number of carbonyl (C=O) groups is 2. The number of nitrogens with zero attached hydrogens (tertiary/aromatic N) is 3. The monoisotopic (exact) mass is 488 g/mol. The molecule has 1 saturated heterocycles. The normalized spacial score (nSPS) is 20.7. The number of piperidine rings is 1. The van der Waals surface area contributed by atoms with E-state index < -0.39 is 0 Å². The molecule has 2 amide bonds. The average molecular weight is 489 g/mol. The van der Waals surface area contributed by atoms with E-state index in [1.54, 1.807) is 36.5 Å². The maximum atomic E-state index is 14.5. The molecule has 2 fully saturated rings. The van der Waals surface area contributed by atoms with Gasteiger partial charge in [0.05, 0.1) is 12.2 Å². The number of halogens is 1. The first-order valence-corrected chi connectivity index (χ1v) is 12.8. The lowest BCUT2D eigenvalue weighted by Gasteiger charge is -2.28. The van der Waals surface area contributed by atoms with E-state index in [-0.39, 0.29) is 23.7 Å². The molecule has 1 aliphatic carbocycles. The van der Waals surface area contributed by atoms with Crippen LogP contribution in [0.3, 0.4) is 0 Å². The first-order chi connectivity index (χ1) is 17.1. The number of fused-ring (bicyclic) bond motifs is 2. The van der Waals surface area contributed by atoms with Gasteiger partial charge in [-0.2, -0.15) is 0 Å². The fourth-order valence-electron chi connectivity index (χ4n) is 5.36. The summed E-state index contributed by atoms with van der Waals surface area (Å²) >= 11 is 1.52. The predicted molar refractivity (Wildman–Crippen MR) is 133 cm³/mol. The molecule has 0 bridgehead atoms. The number of amides is 2. The van der Waals surface area contributed by atoms with Gasteiger partial charge in [0.1, 0.15) is 11.5 Å². The van der Waals surface area contributed by atoms with Gasteiger partial charge in [0.15, 0.2) is 4.96 Å². The molecule has 1 N–H and O–H groups in total. The van der Waals surface area contributed by atoms with Gasteiger partial charge in [-0.3, -0.25) is 14.0 Å². The SMILES string of the molecule is CCc1csc2ncc(C(=O)NC[C@@H]3[C@H]4C[C@H]4CN3C(=O)c3ccccc3-c3ccccc3F)n12. The molecule has 0 unspecified atom stereocenters. The van der Waals surface area contributed by atoms with Gasteiger partial charge in [-0.05, 0) is 42.4 Å². The van der Waals surface area contributed by atoms with E-state index in [1.165, 1.54) is 17.4 Å². The second kappa shape index (κ2) is 8.61. The van der Waals surface area contributed by atoms with Crippen LogP contribution >= 0.6 is 11.3 Å². The topological polar surface area (TPSA) is 66.7 Å². The van der Waals surface area contributed by atoms with Crippen molar-refractivity contribution in [3.8, 4) is 11.1 Å². The molecule has 6 rings (SSSR count). The van der Waals surface area contributed by atoms with E-state index >= 15 is 0 Å². The smallest absolute Gasteiger partial charge is 0.270 e. The number of benzene rings is 2. The summed E-state index contributed by atoms with van der Waals surface area (Å²) in [6.07, 6.45) is 3.50. The van der Waals surface area contributed by atoms with Crippen molar-refractivity contribution in [1.82, 2.24) is 19.6 Å². The Balaban J connectivity index is 1.23. The van der Waals surface area contributed by atoms with Crippen molar-refractivity contribution in [2.45, 2.75) is 25.8 Å². The minimum Gasteiger partial charge on any atom is -0.349 e. The maximum absolute atomic E-state index is 14.5. The number of rotatable bonds is 6. The molecule has 1 saturated carbocycles. The highest BCUT2D eigenvalue weighted by molar-refractivity contribution is 7.15. The van der Waals surface area contributed by atoms with Crippen molar-refractivity contribution in [3.63, 3.8) is 0 Å². The molecule has 1 aliphatic heterocycles. The Morgan fingerprint density at radius 2 is 1.91 bits per heavy atom. The number of aromatic nitrogens is 2. The second-order valence-corrected chi connectivity index (χ2v) is 10.1. The van der Waals surface area contributed by atoms with Gasteiger partial charge in [0.2, 0.25) is 0 Å². The molecule has 8 heteroatoms. The van der Waals surface area contributed by atoms with E-state index in [4.69, 9.17) is 0 Å². The Kier molecular flexibility index (Phi) is 5.40. The largest absolute Gasteiger partial charge is 0.349 e. The van der Waals surface area contributed by atoms with Crippen LogP contribution in [0.2, 0.25) is 0 Å². The predicted octanol–water partition coefficient (Wildman–Crippen LogP) is 4.65. The highest BCUT2D eigenvalue weighted by Crippen LogP contribution is 2.50. The van der Waals surface area contributed by atoms with E-state index in [9.17, 15) is 14.0 Å². The van der Waals surface area contributed by atoms with E-state index in [2.05, 4.69) is 17.2 Å². The van der Waals surface area contributed by atoms with Crippen LogP contribution in [0.1, 0.15) is 39.9 Å². The van der Waals surface area contributed by atoms with Gasteiger partial charge in [-0.25, -0.2) is 9.37 Å². The first kappa shape index (κ1) is 22.0. The molecule has 4 aromatic rings. The summed E-state index contributed by atoms with van der Waals surface area (Å²) in [5.41, 5.74) is 3.06. The lowest BCUT2D eigenvalue weighted by molar-refractivity contribution is 0.0695. The molecule has 35 heavy (non-hydrogen) atoms. The number of carbonyl (C=O) groups excluding carboxylic acids is 2. The fourth-order valence-corrected chi connectivity index (χ4v) is 6.31. The summed E-state index contributed by atoms with van der Waals surface area (Å²) in [5, 5.41) is 5.09. The minimum atomic E-state index is -0.354. The first-order valence-electron chi connectivity index (χ1n) is 11.9. The number of hydrogen-bond acceptors (Lipinski definition) is 4. The molecule has 3 atom stereocenters. The molecule has 2 aromatic heterocycles. The zero-order valence-corrected chi connectivity index (χ0v) is 20.1. The lowest BCUT2D eigenvalue weighted by Crippen LogP contribution is -2.45. The van der Waals surface area contributed by atoms with Crippen molar-refractivity contribution in [1.29, 1.82) is 0 Å². The molecule has 3 heterocycles. The summed E-state index contributed by atoms with van der Waals surface area (Å²) in [5.74, 6) is 0.194. The minimum absolute atomic E-state index is 0.0818. The Hall–Kier alpha value is -3.52. The number of hydrogen-bond donors (Lipinski definition) is 1. The number of imidazole rings is 1. The Bertz CT molecular complexity index is 1440. The third kappa shape index (κ3) is 3.72. The average Bonchev–Trinajstić information content (AvgIpc) is 3.19. The van der Waals surface area contributed by atoms with E-state index in [0.717, 1.165) is 23.5 Å². The van der Waals surface area contributed by atoms with Crippen molar-refractivity contribution >= 4 is 28.1 Å². The Morgan fingerprint density at radius 1 is 1.14 bits per heavy atom. The summed E-state index contributed by atoms with van der Waals surface area (Å²) in [4.78, 5) is 33.8. The van der Waals surface area contributed by atoms with Crippen LogP contribution in [0.5, 0.6) is 0 Å². The second-order valence-electron chi connectivity index (χ2n) is 9.26. The van der Waals surface area contributed by atoms with Gasteiger partial charge in [0.25, 0.3) is 11.8 Å². The van der Waals surface area contributed by atoms with Gasteiger partial charge in [0, 0.05) is 35.3 Å². The van der Waals surface area contributed by atoms with Crippen LogP contribution in [-0.2, 0) is 6.42 Å². The number of nitrogens with one attached hydrogen (secondary N) is 1. The molecule has 2 aliphatic rings. The summed E-state index contributed by atoms with van der Waals surface area (Å²) in [6.45, 7) is 3.10. The van der Waals surface area contributed by atoms with Gasteiger partial charge < -0.3 is 10.2 Å². The van der Waals surface area contributed by atoms with E-state index in [1.807, 2.05) is 26.8 Å². The number of aryl methyl sites for hydroxylation is 1. The standard InChI is InChI=1S/C27H25FN4O2S/c1-2-17-15-35-27-30-13-24(32(17)27)25(33)29-12-23-21-11-16(21)14-31(23)26(34)20-9-4-3-7-18(20)19-8-5-6-10-22(19)28/h3-10,13,15-16,21,23H,2,11-12,14H2,1H3,(H,29,33)/t16-,21-,23+/m0/s1. The Morgan fingerprint density at radius 3 is 2.71 bits per heavy atom. The third-order valence-electron chi connectivity index (χ3n) is 7.27. The maximum Gasteiger partial charge on any atom is 0.270 e. The highest BCUT2D eigenvalue weighted by Gasteiger charge is 2.54. The van der Waals surface area contributed by atoms with Crippen molar-refractivity contribution < 1.29 is 14.0 Å². The zero-order valence-electron chi connectivity index (χ0n) is 19.3. The van der Waals surface area contributed by atoms with Crippen LogP contribution < -0.4 is 5.32 Å². The molecule has 2 aromatic carbocycles. The van der Waals surface area contributed by atoms with Crippen LogP contribution in [0.25, 0.3) is 16.1 Å². The molecular weight excluding hydrogens is 463 g/mol. The van der Waals surface area contributed by atoms with Gasteiger partial charge in [-0.15, -0.1) is 11.3 Å². The Labute approximate surface area is 206 Å². The zero-order chi connectivity index (χ0) is 24.1. The number of thiazole rings is 1. The summed E-state index contributed by atoms with van der Waals surface area (Å²) < 4.78 is 16.5. The van der Waals surface area contributed by atoms with E-state index in [0.29, 0.717) is 47.3 Å². The van der Waals surface area contributed by atoms with Crippen LogP contribution in [0.15, 0.2) is 60.1 Å². The highest BCUT2D eigenvalue weighted by atomic mass is 32.1.